The van der Waals surface area contributed by atoms with Gasteiger partial charge in [-0.05, 0) is 18.1 Å². The molecule has 0 spiro atoms. The van der Waals surface area contributed by atoms with Gasteiger partial charge in [-0.3, -0.25) is 14.4 Å². The largest absolute Gasteiger partial charge is 0.346 e. The number of carbonyl (C=O) groups excluding carboxylic acids is 1. The number of nitrogens with zero attached hydrogens (tertiary/aromatic N) is 4. The highest BCUT2D eigenvalue weighted by Crippen LogP contribution is 2.16. The van der Waals surface area contributed by atoms with Crippen LogP contribution in [-0.2, 0) is 19.6 Å². The van der Waals surface area contributed by atoms with E-state index in [1.807, 2.05) is 16.8 Å². The summed E-state index contributed by atoms with van der Waals surface area (Å²) in [5.74, 6) is 0.249. The van der Waals surface area contributed by atoms with E-state index in [-0.39, 0.29) is 11.6 Å². The molecule has 1 aliphatic rings. The zero-order valence-corrected chi connectivity index (χ0v) is 16.1. The van der Waals surface area contributed by atoms with Crippen LogP contribution in [0.5, 0.6) is 0 Å². The number of aromatic amines is 1. The number of hydrogen-bond acceptors (Lipinski definition) is 5. The molecule has 0 saturated heterocycles. The Morgan fingerprint density at radius 1 is 1.29 bits per heavy atom. The highest BCUT2D eigenvalue weighted by Gasteiger charge is 2.19. The van der Waals surface area contributed by atoms with Gasteiger partial charge < -0.3 is 10.3 Å². The van der Waals surface area contributed by atoms with Gasteiger partial charge in [-0.25, -0.2) is 4.79 Å². The van der Waals surface area contributed by atoms with Gasteiger partial charge >= 0.3 is 5.69 Å². The first-order valence-corrected chi connectivity index (χ1v) is 9.55. The molecule has 4 rings (SSSR count). The van der Waals surface area contributed by atoms with Crippen molar-refractivity contribution in [2.45, 2.75) is 33.5 Å². The second-order valence-electron chi connectivity index (χ2n) is 7.60. The minimum absolute atomic E-state index is 0.131. The van der Waals surface area contributed by atoms with Crippen LogP contribution in [0.15, 0.2) is 35.1 Å². The Kier molecular flexibility index (Phi) is 4.95. The number of hydrogen-bond donors (Lipinski definition) is 2. The predicted molar refractivity (Wildman–Crippen MR) is 106 cm³/mol. The normalized spacial score (nSPS) is 14.4. The van der Waals surface area contributed by atoms with Crippen LogP contribution >= 0.6 is 0 Å². The summed E-state index contributed by atoms with van der Waals surface area (Å²) in [5.41, 5.74) is 2.16. The van der Waals surface area contributed by atoms with E-state index in [1.165, 1.54) is 0 Å². The lowest BCUT2D eigenvalue weighted by Crippen LogP contribution is -2.36. The van der Waals surface area contributed by atoms with Gasteiger partial charge in [0.05, 0.1) is 30.0 Å². The standard InChI is InChI=1S/C20H24N6O2/c1-13(2)11-25-7-8-26-15(12-25)9-14(24-26)10-21-19(27)18-16-5-3-4-6-17(16)22-20(28)23-18/h3-6,9,13H,7-8,10-12H2,1-2H3,(H,21,27)(H,22,23,28). The lowest BCUT2D eigenvalue weighted by molar-refractivity contribution is 0.0946. The fraction of sp³-hybridized carbons (Fsp3) is 0.400. The SMILES string of the molecule is CC(C)CN1CCn2nc(CNC(=O)c3nc(=O)[nH]c4ccccc34)cc2C1. The maximum absolute atomic E-state index is 12.6. The monoisotopic (exact) mass is 380 g/mol. The minimum Gasteiger partial charge on any atom is -0.345 e. The van der Waals surface area contributed by atoms with Crippen molar-refractivity contribution in [1.29, 1.82) is 0 Å². The van der Waals surface area contributed by atoms with Gasteiger partial charge in [-0.1, -0.05) is 32.0 Å². The highest BCUT2D eigenvalue weighted by atomic mass is 16.2. The summed E-state index contributed by atoms with van der Waals surface area (Å²) in [5, 5.41) is 8.06. The first-order chi connectivity index (χ1) is 13.5. The van der Waals surface area contributed by atoms with E-state index in [0.717, 1.165) is 37.6 Å². The number of nitrogens with one attached hydrogen (secondary N) is 2. The van der Waals surface area contributed by atoms with E-state index in [4.69, 9.17) is 0 Å². The average Bonchev–Trinajstić information content (AvgIpc) is 3.07. The molecule has 8 nitrogen and oxygen atoms in total. The van der Waals surface area contributed by atoms with E-state index in [1.54, 1.807) is 18.2 Å². The fourth-order valence-electron chi connectivity index (χ4n) is 3.67. The van der Waals surface area contributed by atoms with Crippen molar-refractivity contribution in [3.05, 3.63) is 57.9 Å². The van der Waals surface area contributed by atoms with Crippen molar-refractivity contribution in [1.82, 2.24) is 30.0 Å². The van der Waals surface area contributed by atoms with Crippen LogP contribution in [0.25, 0.3) is 10.9 Å². The molecule has 0 unspecified atom stereocenters. The van der Waals surface area contributed by atoms with Crippen LogP contribution in [0, 0.1) is 5.92 Å². The zero-order valence-electron chi connectivity index (χ0n) is 16.1. The van der Waals surface area contributed by atoms with Gasteiger partial charge in [-0.15, -0.1) is 0 Å². The molecule has 0 bridgehead atoms. The number of carbonyl (C=O) groups is 1. The van der Waals surface area contributed by atoms with Gasteiger partial charge in [0.2, 0.25) is 0 Å². The summed E-state index contributed by atoms with van der Waals surface area (Å²) in [6, 6.07) is 9.17. The molecule has 146 valence electrons. The third-order valence-electron chi connectivity index (χ3n) is 4.83. The molecule has 2 aromatic heterocycles. The van der Waals surface area contributed by atoms with E-state index in [9.17, 15) is 9.59 Å². The Hall–Kier alpha value is -3.00. The molecule has 8 heteroatoms. The summed E-state index contributed by atoms with van der Waals surface area (Å²) in [7, 11) is 0. The Morgan fingerprint density at radius 3 is 2.93 bits per heavy atom. The van der Waals surface area contributed by atoms with E-state index in [2.05, 4.69) is 39.1 Å². The molecule has 0 saturated carbocycles. The molecule has 0 fully saturated rings. The Morgan fingerprint density at radius 2 is 2.11 bits per heavy atom. The van der Waals surface area contributed by atoms with Crippen LogP contribution in [0.2, 0.25) is 0 Å². The Balaban J connectivity index is 1.47. The number of para-hydroxylation sites is 1. The molecule has 0 aliphatic carbocycles. The second kappa shape index (κ2) is 7.55. The molecule has 0 atom stereocenters. The third kappa shape index (κ3) is 3.82. The number of fused-ring (bicyclic) bond motifs is 2. The number of H-pyrrole nitrogens is 1. The molecule has 1 aromatic carbocycles. The van der Waals surface area contributed by atoms with Crippen LogP contribution in [0.4, 0.5) is 0 Å². The summed E-state index contributed by atoms with van der Waals surface area (Å²) in [6.45, 7) is 8.53. The molecular formula is C20H24N6O2. The summed E-state index contributed by atoms with van der Waals surface area (Å²) >= 11 is 0. The van der Waals surface area contributed by atoms with Crippen molar-refractivity contribution in [2.75, 3.05) is 13.1 Å². The van der Waals surface area contributed by atoms with Gasteiger partial charge in [0.1, 0.15) is 5.69 Å². The average molecular weight is 380 g/mol. The molecular weight excluding hydrogens is 356 g/mol. The van der Waals surface area contributed by atoms with E-state index < -0.39 is 5.69 Å². The first kappa shape index (κ1) is 18.4. The molecule has 3 heterocycles. The fourth-order valence-corrected chi connectivity index (χ4v) is 3.67. The summed E-state index contributed by atoms with van der Waals surface area (Å²) < 4.78 is 2.01. The van der Waals surface area contributed by atoms with Crippen LogP contribution in [-0.4, -0.2) is 43.6 Å². The second-order valence-corrected chi connectivity index (χ2v) is 7.60. The third-order valence-corrected chi connectivity index (χ3v) is 4.83. The quantitative estimate of drug-likeness (QED) is 0.700. The van der Waals surface area contributed by atoms with Crippen molar-refractivity contribution >= 4 is 16.8 Å². The lowest BCUT2D eigenvalue weighted by Gasteiger charge is -2.28. The minimum atomic E-state index is -0.536. The maximum atomic E-state index is 12.6. The van der Waals surface area contributed by atoms with Crippen molar-refractivity contribution in [3.8, 4) is 0 Å². The first-order valence-electron chi connectivity index (χ1n) is 9.55. The predicted octanol–water partition coefficient (Wildman–Crippen LogP) is 1.52. The maximum Gasteiger partial charge on any atom is 0.346 e. The van der Waals surface area contributed by atoms with Gasteiger partial charge in [0.15, 0.2) is 0 Å². The van der Waals surface area contributed by atoms with E-state index in [0.29, 0.717) is 23.4 Å². The van der Waals surface area contributed by atoms with Crippen LogP contribution in [0.3, 0.4) is 0 Å². The zero-order chi connectivity index (χ0) is 19.7. The molecule has 28 heavy (non-hydrogen) atoms. The topological polar surface area (TPSA) is 95.9 Å². The van der Waals surface area contributed by atoms with Gasteiger partial charge in [0, 0.05) is 25.0 Å². The Bertz CT molecular complexity index is 1070. The number of aromatic nitrogens is 4. The number of amides is 1. The van der Waals surface area contributed by atoms with E-state index >= 15 is 0 Å². The molecule has 3 aromatic rings. The van der Waals surface area contributed by atoms with Gasteiger partial charge in [0.25, 0.3) is 5.91 Å². The van der Waals surface area contributed by atoms with Crippen molar-refractivity contribution < 1.29 is 4.79 Å². The lowest BCUT2D eigenvalue weighted by atomic mass is 10.2. The molecule has 0 radical (unpaired) electrons. The molecule has 2 N–H and O–H groups in total. The van der Waals surface area contributed by atoms with Crippen LogP contribution in [0.1, 0.15) is 35.7 Å². The summed E-state index contributed by atoms with van der Waals surface area (Å²) in [6.07, 6.45) is 0. The summed E-state index contributed by atoms with van der Waals surface area (Å²) in [4.78, 5) is 33.3. The number of benzene rings is 1. The smallest absolute Gasteiger partial charge is 0.345 e. The number of rotatable bonds is 5. The Labute approximate surface area is 162 Å². The van der Waals surface area contributed by atoms with Crippen LogP contribution < -0.4 is 11.0 Å². The van der Waals surface area contributed by atoms with Crippen molar-refractivity contribution in [3.63, 3.8) is 0 Å². The van der Waals surface area contributed by atoms with Gasteiger partial charge in [-0.2, -0.15) is 10.1 Å². The molecule has 1 aliphatic heterocycles. The molecule has 1 amide bonds. The van der Waals surface area contributed by atoms with Crippen molar-refractivity contribution in [2.24, 2.45) is 5.92 Å². The highest BCUT2D eigenvalue weighted by molar-refractivity contribution is 6.04.